The second kappa shape index (κ2) is 8.53. The predicted octanol–water partition coefficient (Wildman–Crippen LogP) is 2.58. The highest BCUT2D eigenvalue weighted by Gasteiger charge is 2.10. The van der Waals surface area contributed by atoms with Crippen molar-refractivity contribution in [3.63, 3.8) is 0 Å². The van der Waals surface area contributed by atoms with Gasteiger partial charge in [-0.15, -0.1) is 0 Å². The SMILES string of the molecule is CONCc1ccccc1.Cc1ccccc1S(=O)(=O)O. The first kappa shape index (κ1) is 17.3. The molecule has 2 rings (SSSR count). The van der Waals surface area contributed by atoms with Gasteiger partial charge in [0.2, 0.25) is 0 Å². The quantitative estimate of drug-likeness (QED) is 0.670. The lowest BCUT2D eigenvalue weighted by Crippen LogP contribution is -2.10. The molecular weight excluding hydrogens is 290 g/mol. The van der Waals surface area contributed by atoms with Gasteiger partial charge in [0.1, 0.15) is 0 Å². The summed E-state index contributed by atoms with van der Waals surface area (Å²) in [5, 5.41) is 0. The molecule has 6 heteroatoms. The summed E-state index contributed by atoms with van der Waals surface area (Å²) in [6.07, 6.45) is 0. The summed E-state index contributed by atoms with van der Waals surface area (Å²) in [6.45, 7) is 2.39. The standard InChI is InChI=1S/C8H11NO.C7H8O3S/c1-10-9-7-8-5-3-2-4-6-8;1-6-4-2-3-5-7(6)11(8,9)10/h2-6,9H,7H2,1H3;2-5H,1H3,(H,8,9,10). The zero-order chi connectivity index (χ0) is 15.7. The number of nitrogens with one attached hydrogen (secondary N) is 1. The molecule has 0 aliphatic heterocycles. The van der Waals surface area contributed by atoms with E-state index in [0.29, 0.717) is 5.56 Å². The average molecular weight is 309 g/mol. The smallest absolute Gasteiger partial charge is 0.294 e. The fourth-order valence-electron chi connectivity index (χ4n) is 1.60. The number of rotatable bonds is 4. The second-order valence-corrected chi connectivity index (χ2v) is 5.64. The van der Waals surface area contributed by atoms with Gasteiger partial charge in [0.05, 0.1) is 12.0 Å². The molecule has 0 fully saturated rings. The van der Waals surface area contributed by atoms with Gasteiger partial charge >= 0.3 is 0 Å². The van der Waals surface area contributed by atoms with Crippen LogP contribution in [-0.4, -0.2) is 20.1 Å². The summed E-state index contributed by atoms with van der Waals surface area (Å²) in [5.74, 6) is 0. The summed E-state index contributed by atoms with van der Waals surface area (Å²) in [6, 6.07) is 16.4. The maximum absolute atomic E-state index is 10.6. The van der Waals surface area contributed by atoms with Crippen LogP contribution in [0.5, 0.6) is 0 Å². The number of hydrogen-bond acceptors (Lipinski definition) is 4. The lowest BCUT2D eigenvalue weighted by molar-refractivity contribution is 0.0867. The maximum Gasteiger partial charge on any atom is 0.294 e. The molecule has 0 aliphatic rings. The molecule has 0 unspecified atom stereocenters. The minimum absolute atomic E-state index is 0.0278. The van der Waals surface area contributed by atoms with Gasteiger partial charge < -0.3 is 4.84 Å². The van der Waals surface area contributed by atoms with Gasteiger partial charge in [-0.1, -0.05) is 48.5 Å². The Balaban J connectivity index is 0.000000211. The third-order valence-electron chi connectivity index (χ3n) is 2.63. The third kappa shape index (κ3) is 6.50. The number of hydrogen-bond donors (Lipinski definition) is 2. The van der Waals surface area contributed by atoms with E-state index in [4.69, 9.17) is 9.39 Å². The van der Waals surface area contributed by atoms with Crippen molar-refractivity contribution in [3.8, 4) is 0 Å². The van der Waals surface area contributed by atoms with E-state index in [1.807, 2.05) is 30.3 Å². The Morgan fingerprint density at radius 3 is 2.10 bits per heavy atom. The van der Waals surface area contributed by atoms with Crippen LogP contribution in [0.4, 0.5) is 0 Å². The zero-order valence-corrected chi connectivity index (χ0v) is 12.8. The molecule has 0 atom stereocenters. The van der Waals surface area contributed by atoms with Crippen molar-refractivity contribution in [2.45, 2.75) is 18.4 Å². The zero-order valence-electron chi connectivity index (χ0n) is 12.0. The van der Waals surface area contributed by atoms with Gasteiger partial charge in [0.15, 0.2) is 0 Å². The third-order valence-corrected chi connectivity index (χ3v) is 3.65. The van der Waals surface area contributed by atoms with Crippen molar-refractivity contribution >= 4 is 10.1 Å². The van der Waals surface area contributed by atoms with Gasteiger partial charge in [-0.05, 0) is 24.1 Å². The van der Waals surface area contributed by atoms with Gasteiger partial charge in [-0.25, -0.2) is 0 Å². The molecule has 2 N–H and O–H groups in total. The Bertz CT molecular complexity index is 642. The average Bonchev–Trinajstić information content (AvgIpc) is 2.46. The molecule has 5 nitrogen and oxygen atoms in total. The molecule has 0 saturated carbocycles. The highest BCUT2D eigenvalue weighted by Crippen LogP contribution is 2.12. The van der Waals surface area contributed by atoms with E-state index in [2.05, 4.69) is 5.48 Å². The number of hydroxylamine groups is 1. The molecule has 0 aromatic heterocycles. The van der Waals surface area contributed by atoms with Crippen molar-refractivity contribution in [1.82, 2.24) is 5.48 Å². The fourth-order valence-corrected chi connectivity index (χ4v) is 2.32. The first-order valence-electron chi connectivity index (χ1n) is 6.28. The first-order valence-corrected chi connectivity index (χ1v) is 7.72. The van der Waals surface area contributed by atoms with Crippen LogP contribution in [0.2, 0.25) is 0 Å². The van der Waals surface area contributed by atoms with E-state index in [1.165, 1.54) is 11.6 Å². The van der Waals surface area contributed by atoms with E-state index in [0.717, 1.165) is 6.54 Å². The first-order chi connectivity index (χ1) is 9.95. The topological polar surface area (TPSA) is 75.6 Å². The summed E-state index contributed by atoms with van der Waals surface area (Å²) in [7, 11) is -2.42. The molecule has 114 valence electrons. The van der Waals surface area contributed by atoms with E-state index in [1.54, 1.807) is 32.2 Å². The minimum Gasteiger partial charge on any atom is -0.305 e. The van der Waals surface area contributed by atoms with Crippen molar-refractivity contribution in [2.24, 2.45) is 0 Å². The van der Waals surface area contributed by atoms with Gasteiger partial charge in [-0.2, -0.15) is 13.9 Å². The molecule has 0 radical (unpaired) electrons. The van der Waals surface area contributed by atoms with Crippen LogP contribution < -0.4 is 5.48 Å². The van der Waals surface area contributed by atoms with Crippen LogP contribution in [0, 0.1) is 6.92 Å². The highest BCUT2D eigenvalue weighted by molar-refractivity contribution is 7.85. The molecule has 2 aromatic rings. The molecular formula is C15H19NO4S. The van der Waals surface area contributed by atoms with Crippen LogP contribution >= 0.6 is 0 Å². The Morgan fingerprint density at radius 2 is 1.62 bits per heavy atom. The van der Waals surface area contributed by atoms with Crippen LogP contribution in [0.1, 0.15) is 11.1 Å². The molecule has 0 heterocycles. The van der Waals surface area contributed by atoms with Crippen LogP contribution in [-0.2, 0) is 21.5 Å². The number of aryl methyl sites for hydroxylation is 1. The van der Waals surface area contributed by atoms with Gasteiger partial charge in [0, 0.05) is 6.54 Å². The summed E-state index contributed by atoms with van der Waals surface area (Å²) in [5.41, 5.74) is 4.54. The van der Waals surface area contributed by atoms with E-state index in [9.17, 15) is 8.42 Å². The second-order valence-electron chi connectivity index (χ2n) is 4.25. The minimum atomic E-state index is -4.03. The number of benzene rings is 2. The maximum atomic E-state index is 10.6. The monoisotopic (exact) mass is 309 g/mol. The molecule has 0 spiro atoms. The lowest BCUT2D eigenvalue weighted by Gasteiger charge is -1.99. The molecule has 0 aliphatic carbocycles. The van der Waals surface area contributed by atoms with Gasteiger partial charge in [-0.3, -0.25) is 4.55 Å². The normalized spacial score (nSPS) is 10.6. The van der Waals surface area contributed by atoms with Crippen LogP contribution in [0.25, 0.3) is 0 Å². The van der Waals surface area contributed by atoms with Gasteiger partial charge in [0.25, 0.3) is 10.1 Å². The molecule has 0 saturated heterocycles. The van der Waals surface area contributed by atoms with Crippen molar-refractivity contribution in [3.05, 3.63) is 65.7 Å². The van der Waals surface area contributed by atoms with Crippen LogP contribution in [0.15, 0.2) is 59.5 Å². The molecule has 2 aromatic carbocycles. The van der Waals surface area contributed by atoms with Crippen LogP contribution in [0.3, 0.4) is 0 Å². The predicted molar refractivity (Wildman–Crippen MR) is 81.3 cm³/mol. The van der Waals surface area contributed by atoms with Crippen molar-refractivity contribution in [1.29, 1.82) is 0 Å². The lowest BCUT2D eigenvalue weighted by atomic mass is 10.2. The van der Waals surface area contributed by atoms with E-state index >= 15 is 0 Å². The summed E-state index contributed by atoms with van der Waals surface area (Å²) < 4.78 is 29.9. The Hall–Kier alpha value is -1.73. The highest BCUT2D eigenvalue weighted by atomic mass is 32.2. The van der Waals surface area contributed by atoms with E-state index in [-0.39, 0.29) is 4.90 Å². The largest absolute Gasteiger partial charge is 0.305 e. The summed E-state index contributed by atoms with van der Waals surface area (Å²) in [4.78, 5) is 4.67. The molecule has 0 amide bonds. The Kier molecular flexibility index (Phi) is 7.04. The van der Waals surface area contributed by atoms with Crippen molar-refractivity contribution in [2.75, 3.05) is 7.11 Å². The summed E-state index contributed by atoms with van der Waals surface area (Å²) >= 11 is 0. The fraction of sp³-hybridized carbons (Fsp3) is 0.200. The van der Waals surface area contributed by atoms with E-state index < -0.39 is 10.1 Å². The Labute approximate surface area is 125 Å². The molecule has 21 heavy (non-hydrogen) atoms. The van der Waals surface area contributed by atoms with Crippen molar-refractivity contribution < 1.29 is 17.8 Å². The Morgan fingerprint density at radius 1 is 1.05 bits per heavy atom. The molecule has 0 bridgehead atoms.